The topological polar surface area (TPSA) is 95.1 Å². The summed E-state index contributed by atoms with van der Waals surface area (Å²) in [4.78, 5) is 22.9. The van der Waals surface area contributed by atoms with Gasteiger partial charge in [-0.1, -0.05) is 0 Å². The number of aromatic amines is 1. The van der Waals surface area contributed by atoms with Crippen molar-refractivity contribution in [1.82, 2.24) is 10.2 Å². The predicted molar refractivity (Wildman–Crippen MR) is 63.2 cm³/mol. The Bertz CT molecular complexity index is 537. The summed E-state index contributed by atoms with van der Waals surface area (Å²) in [7, 11) is 0. The molecular weight excluding hydrogens is 234 g/mol. The number of H-pyrrole nitrogens is 1. The van der Waals surface area contributed by atoms with E-state index in [1.165, 1.54) is 0 Å². The van der Waals surface area contributed by atoms with Crippen LogP contribution in [-0.2, 0) is 15.0 Å². The number of hydrogen-bond acceptors (Lipinski definition) is 3. The maximum absolute atomic E-state index is 11.8. The standard InChI is InChI=1S/C12H15N3O3/c1-6-9-10(15-14-6)13-8(16)5-12(9)3-2-7(4-12)11(17)18/h7H,2-5H2,1H3,(H,17,18)(H2,13,14,15,16). The fourth-order valence-electron chi connectivity index (χ4n) is 3.47. The van der Waals surface area contributed by atoms with Crippen molar-refractivity contribution >= 4 is 17.7 Å². The molecule has 1 aliphatic heterocycles. The normalized spacial score (nSPS) is 30.3. The number of nitrogens with zero attached hydrogens (tertiary/aromatic N) is 1. The number of rotatable bonds is 1. The van der Waals surface area contributed by atoms with Crippen LogP contribution in [0.25, 0.3) is 0 Å². The van der Waals surface area contributed by atoms with Gasteiger partial charge in [-0.25, -0.2) is 0 Å². The van der Waals surface area contributed by atoms with E-state index in [0.717, 1.165) is 17.7 Å². The average molecular weight is 249 g/mol. The number of aromatic nitrogens is 2. The van der Waals surface area contributed by atoms with E-state index in [1.54, 1.807) is 0 Å². The van der Waals surface area contributed by atoms with E-state index < -0.39 is 5.97 Å². The number of carbonyl (C=O) groups is 2. The molecule has 1 aliphatic carbocycles. The Morgan fingerprint density at radius 3 is 3.00 bits per heavy atom. The van der Waals surface area contributed by atoms with Gasteiger partial charge in [0.2, 0.25) is 5.91 Å². The van der Waals surface area contributed by atoms with Gasteiger partial charge in [-0.2, -0.15) is 5.10 Å². The molecule has 2 unspecified atom stereocenters. The molecule has 2 heterocycles. The second kappa shape index (κ2) is 3.57. The smallest absolute Gasteiger partial charge is 0.306 e. The predicted octanol–water partition coefficient (Wildman–Crippen LogP) is 1.18. The highest BCUT2D eigenvalue weighted by Gasteiger charge is 2.49. The highest BCUT2D eigenvalue weighted by Crippen LogP contribution is 2.51. The molecule has 0 radical (unpaired) electrons. The molecule has 0 saturated heterocycles. The van der Waals surface area contributed by atoms with Crippen LogP contribution in [0.15, 0.2) is 0 Å². The van der Waals surface area contributed by atoms with E-state index >= 15 is 0 Å². The first kappa shape index (κ1) is 11.3. The first-order valence-electron chi connectivity index (χ1n) is 6.10. The van der Waals surface area contributed by atoms with Gasteiger partial charge in [0.1, 0.15) is 0 Å². The first-order valence-corrected chi connectivity index (χ1v) is 6.10. The molecule has 3 rings (SSSR count). The summed E-state index contributed by atoms with van der Waals surface area (Å²) in [5, 5.41) is 18.9. The largest absolute Gasteiger partial charge is 0.481 e. The average Bonchev–Trinajstić information content (AvgIpc) is 2.84. The fraction of sp³-hybridized carbons (Fsp3) is 0.583. The van der Waals surface area contributed by atoms with Gasteiger partial charge in [0, 0.05) is 23.1 Å². The van der Waals surface area contributed by atoms with E-state index in [2.05, 4.69) is 15.5 Å². The summed E-state index contributed by atoms with van der Waals surface area (Å²) in [5.41, 5.74) is 1.60. The number of carboxylic acids is 1. The number of hydrogen-bond donors (Lipinski definition) is 3. The Kier molecular flexibility index (Phi) is 2.23. The van der Waals surface area contributed by atoms with Gasteiger partial charge in [-0.3, -0.25) is 14.7 Å². The van der Waals surface area contributed by atoms with Crippen LogP contribution in [0.5, 0.6) is 0 Å². The minimum Gasteiger partial charge on any atom is -0.481 e. The molecule has 1 amide bonds. The van der Waals surface area contributed by atoms with Gasteiger partial charge in [-0.05, 0) is 26.2 Å². The molecule has 1 spiro atoms. The molecule has 0 bridgehead atoms. The van der Waals surface area contributed by atoms with Gasteiger partial charge in [0.15, 0.2) is 5.82 Å². The Balaban J connectivity index is 2.05. The van der Waals surface area contributed by atoms with Crippen molar-refractivity contribution in [3.63, 3.8) is 0 Å². The minimum absolute atomic E-state index is 0.0694. The van der Waals surface area contributed by atoms with Crippen LogP contribution in [0, 0.1) is 12.8 Å². The van der Waals surface area contributed by atoms with Gasteiger partial charge >= 0.3 is 5.97 Å². The van der Waals surface area contributed by atoms with E-state index in [-0.39, 0.29) is 17.2 Å². The summed E-state index contributed by atoms with van der Waals surface area (Å²) in [6.45, 7) is 1.92. The van der Waals surface area contributed by atoms with Crippen LogP contribution < -0.4 is 5.32 Å². The Morgan fingerprint density at radius 2 is 2.33 bits per heavy atom. The number of amides is 1. The lowest BCUT2D eigenvalue weighted by Crippen LogP contribution is -2.36. The van der Waals surface area contributed by atoms with Crippen LogP contribution in [0.2, 0.25) is 0 Å². The molecular formula is C12H15N3O3. The molecule has 18 heavy (non-hydrogen) atoms. The second-order valence-corrected chi connectivity index (χ2v) is 5.36. The molecule has 6 nitrogen and oxygen atoms in total. The first-order chi connectivity index (χ1) is 8.52. The molecule has 1 saturated carbocycles. The highest BCUT2D eigenvalue weighted by molar-refractivity contribution is 5.95. The van der Waals surface area contributed by atoms with Crippen molar-refractivity contribution in [2.75, 3.05) is 5.32 Å². The summed E-state index contributed by atoms with van der Waals surface area (Å²) >= 11 is 0. The van der Waals surface area contributed by atoms with Crippen LogP contribution in [0.4, 0.5) is 5.82 Å². The lowest BCUT2D eigenvalue weighted by molar-refractivity contribution is -0.141. The van der Waals surface area contributed by atoms with Crippen LogP contribution in [-0.4, -0.2) is 27.2 Å². The maximum Gasteiger partial charge on any atom is 0.306 e. The third-order valence-corrected chi connectivity index (χ3v) is 4.19. The van der Waals surface area contributed by atoms with E-state index in [9.17, 15) is 9.59 Å². The number of anilines is 1. The van der Waals surface area contributed by atoms with E-state index in [0.29, 0.717) is 25.1 Å². The zero-order valence-electron chi connectivity index (χ0n) is 10.1. The number of aliphatic carboxylic acids is 1. The van der Waals surface area contributed by atoms with E-state index in [4.69, 9.17) is 5.11 Å². The zero-order chi connectivity index (χ0) is 12.9. The number of carboxylic acid groups (broad SMARTS) is 1. The van der Waals surface area contributed by atoms with Gasteiger partial charge < -0.3 is 10.4 Å². The Morgan fingerprint density at radius 1 is 1.56 bits per heavy atom. The zero-order valence-corrected chi connectivity index (χ0v) is 10.1. The summed E-state index contributed by atoms with van der Waals surface area (Å²) in [6, 6.07) is 0. The Labute approximate surface area is 104 Å². The number of fused-ring (bicyclic) bond motifs is 2. The quantitative estimate of drug-likeness (QED) is 0.696. The van der Waals surface area contributed by atoms with Gasteiger partial charge in [0.05, 0.1) is 5.92 Å². The summed E-state index contributed by atoms with van der Waals surface area (Å²) < 4.78 is 0. The number of aryl methyl sites for hydroxylation is 1. The summed E-state index contributed by atoms with van der Waals surface area (Å²) in [6.07, 6.45) is 2.27. The van der Waals surface area contributed by atoms with Crippen LogP contribution >= 0.6 is 0 Å². The molecule has 2 aliphatic rings. The third kappa shape index (κ3) is 1.45. The summed E-state index contributed by atoms with van der Waals surface area (Å²) in [5.74, 6) is -0.603. The molecule has 1 aromatic rings. The molecule has 2 atom stereocenters. The molecule has 0 aromatic carbocycles. The van der Waals surface area contributed by atoms with Crippen LogP contribution in [0.3, 0.4) is 0 Å². The molecule has 1 aromatic heterocycles. The van der Waals surface area contributed by atoms with E-state index in [1.807, 2.05) is 6.92 Å². The van der Waals surface area contributed by atoms with Crippen molar-refractivity contribution in [2.45, 2.75) is 38.0 Å². The number of carbonyl (C=O) groups excluding carboxylic acids is 1. The molecule has 6 heteroatoms. The van der Waals surface area contributed by atoms with Crippen LogP contribution in [0.1, 0.15) is 36.9 Å². The second-order valence-electron chi connectivity index (χ2n) is 5.36. The lowest BCUT2D eigenvalue weighted by atomic mass is 9.73. The van der Waals surface area contributed by atoms with Crippen molar-refractivity contribution in [2.24, 2.45) is 5.92 Å². The van der Waals surface area contributed by atoms with Crippen molar-refractivity contribution in [3.8, 4) is 0 Å². The maximum atomic E-state index is 11.8. The minimum atomic E-state index is -0.763. The Hall–Kier alpha value is -1.85. The third-order valence-electron chi connectivity index (χ3n) is 4.19. The lowest BCUT2D eigenvalue weighted by Gasteiger charge is -2.33. The molecule has 1 fully saturated rings. The highest BCUT2D eigenvalue weighted by atomic mass is 16.4. The van der Waals surface area contributed by atoms with Gasteiger partial charge in [-0.15, -0.1) is 0 Å². The van der Waals surface area contributed by atoms with Crippen molar-refractivity contribution in [1.29, 1.82) is 0 Å². The number of nitrogens with one attached hydrogen (secondary N) is 2. The van der Waals surface area contributed by atoms with Crippen molar-refractivity contribution < 1.29 is 14.7 Å². The molecule has 3 N–H and O–H groups in total. The SMILES string of the molecule is Cc1[nH]nc2c1C1(CCC(C(=O)O)C1)CC(=O)N2. The fourth-order valence-corrected chi connectivity index (χ4v) is 3.47. The van der Waals surface area contributed by atoms with Gasteiger partial charge in [0.25, 0.3) is 0 Å². The van der Waals surface area contributed by atoms with Crippen molar-refractivity contribution in [3.05, 3.63) is 11.3 Å². The molecule has 96 valence electrons. The monoisotopic (exact) mass is 249 g/mol.